The van der Waals surface area contributed by atoms with Crippen molar-refractivity contribution in [1.29, 1.82) is 0 Å². The van der Waals surface area contributed by atoms with Gasteiger partial charge in [0, 0.05) is 6.08 Å². The van der Waals surface area contributed by atoms with Crippen LogP contribution in [-0.2, 0) is 11.4 Å². The van der Waals surface area contributed by atoms with Crippen LogP contribution in [0.1, 0.15) is 36.5 Å². The molecular formula is C25H24O3. The van der Waals surface area contributed by atoms with Crippen molar-refractivity contribution in [3.63, 3.8) is 0 Å². The SMILES string of the molecule is CC(C)c1ccc(/C=C/C(=O)Oc2ccc(OCc3ccccc3)cc2)cc1. The molecule has 3 aromatic rings. The molecule has 3 heteroatoms. The van der Waals surface area contributed by atoms with Crippen molar-refractivity contribution in [2.75, 3.05) is 0 Å². The van der Waals surface area contributed by atoms with Crippen molar-refractivity contribution in [3.8, 4) is 11.5 Å². The Labute approximate surface area is 166 Å². The van der Waals surface area contributed by atoms with Crippen LogP contribution in [0.4, 0.5) is 0 Å². The van der Waals surface area contributed by atoms with Crippen LogP contribution in [0.2, 0.25) is 0 Å². The molecule has 28 heavy (non-hydrogen) atoms. The molecule has 3 rings (SSSR count). The van der Waals surface area contributed by atoms with Gasteiger partial charge in [-0.05, 0) is 52.9 Å². The average molecular weight is 372 g/mol. The lowest BCUT2D eigenvalue weighted by atomic mass is 10.0. The summed E-state index contributed by atoms with van der Waals surface area (Å²) < 4.78 is 11.1. The summed E-state index contributed by atoms with van der Waals surface area (Å²) in [4.78, 5) is 12.0. The third-order valence-corrected chi connectivity index (χ3v) is 4.31. The van der Waals surface area contributed by atoms with Gasteiger partial charge in [-0.1, -0.05) is 68.4 Å². The lowest BCUT2D eigenvalue weighted by molar-refractivity contribution is -0.128. The highest BCUT2D eigenvalue weighted by atomic mass is 16.5. The molecule has 0 aromatic heterocycles. The third-order valence-electron chi connectivity index (χ3n) is 4.31. The van der Waals surface area contributed by atoms with E-state index in [0.29, 0.717) is 18.3 Å². The van der Waals surface area contributed by atoms with Crippen LogP contribution in [0.3, 0.4) is 0 Å². The topological polar surface area (TPSA) is 35.5 Å². The van der Waals surface area contributed by atoms with Crippen LogP contribution < -0.4 is 9.47 Å². The van der Waals surface area contributed by atoms with Gasteiger partial charge < -0.3 is 9.47 Å². The van der Waals surface area contributed by atoms with E-state index in [4.69, 9.17) is 9.47 Å². The number of hydrogen-bond acceptors (Lipinski definition) is 3. The summed E-state index contributed by atoms with van der Waals surface area (Å²) in [7, 11) is 0. The maximum atomic E-state index is 12.0. The number of hydrogen-bond donors (Lipinski definition) is 0. The van der Waals surface area contributed by atoms with E-state index in [1.165, 1.54) is 11.6 Å². The second-order valence-electron chi connectivity index (χ2n) is 6.82. The number of carbonyl (C=O) groups is 1. The lowest BCUT2D eigenvalue weighted by Crippen LogP contribution is -2.03. The Morgan fingerprint density at radius 2 is 1.50 bits per heavy atom. The fourth-order valence-corrected chi connectivity index (χ4v) is 2.65. The Hall–Kier alpha value is -3.33. The van der Waals surface area contributed by atoms with Crippen LogP contribution in [0.5, 0.6) is 11.5 Å². The van der Waals surface area contributed by atoms with E-state index >= 15 is 0 Å². The number of benzene rings is 3. The first kappa shape index (κ1) is 19.4. The Bertz CT molecular complexity index is 908. The molecular weight excluding hydrogens is 348 g/mol. The van der Waals surface area contributed by atoms with E-state index in [0.717, 1.165) is 16.9 Å². The smallest absolute Gasteiger partial charge is 0.336 e. The third kappa shape index (κ3) is 5.85. The molecule has 0 aliphatic heterocycles. The Kier molecular flexibility index (Phi) is 6.64. The van der Waals surface area contributed by atoms with Gasteiger partial charge in [0.1, 0.15) is 18.1 Å². The van der Waals surface area contributed by atoms with E-state index in [1.807, 2.05) is 42.5 Å². The first-order chi connectivity index (χ1) is 13.6. The highest BCUT2D eigenvalue weighted by Gasteiger charge is 2.03. The van der Waals surface area contributed by atoms with Crippen molar-refractivity contribution in [2.24, 2.45) is 0 Å². The Morgan fingerprint density at radius 3 is 2.14 bits per heavy atom. The van der Waals surface area contributed by atoms with E-state index in [9.17, 15) is 4.79 Å². The summed E-state index contributed by atoms with van der Waals surface area (Å²) >= 11 is 0. The maximum Gasteiger partial charge on any atom is 0.336 e. The number of rotatable bonds is 7. The lowest BCUT2D eigenvalue weighted by Gasteiger charge is -2.07. The molecule has 0 aliphatic carbocycles. The van der Waals surface area contributed by atoms with E-state index < -0.39 is 5.97 Å². The van der Waals surface area contributed by atoms with Gasteiger partial charge in [0.2, 0.25) is 0 Å². The minimum absolute atomic E-state index is 0.411. The summed E-state index contributed by atoms with van der Waals surface area (Å²) in [5.41, 5.74) is 3.34. The molecule has 0 saturated carbocycles. The zero-order valence-corrected chi connectivity index (χ0v) is 16.2. The molecule has 0 saturated heterocycles. The molecule has 0 spiro atoms. The molecule has 0 N–H and O–H groups in total. The molecule has 0 aliphatic rings. The second-order valence-corrected chi connectivity index (χ2v) is 6.82. The van der Waals surface area contributed by atoms with Gasteiger partial charge in [0.25, 0.3) is 0 Å². The minimum Gasteiger partial charge on any atom is -0.489 e. The first-order valence-electron chi connectivity index (χ1n) is 9.37. The first-order valence-corrected chi connectivity index (χ1v) is 9.37. The van der Waals surface area contributed by atoms with Gasteiger partial charge in [-0.2, -0.15) is 0 Å². The summed E-state index contributed by atoms with van der Waals surface area (Å²) in [6.45, 7) is 4.80. The van der Waals surface area contributed by atoms with Gasteiger partial charge in [-0.3, -0.25) is 0 Å². The molecule has 0 unspecified atom stereocenters. The molecule has 3 aromatic carbocycles. The molecule has 0 amide bonds. The van der Waals surface area contributed by atoms with Gasteiger partial charge in [0.05, 0.1) is 0 Å². The van der Waals surface area contributed by atoms with Crippen LogP contribution >= 0.6 is 0 Å². The standard InChI is InChI=1S/C25H24O3/c1-19(2)22-11-8-20(9-12-22)10-17-25(26)28-24-15-13-23(14-16-24)27-18-21-6-4-3-5-7-21/h3-17,19H,18H2,1-2H3/b17-10+. The van der Waals surface area contributed by atoms with Gasteiger partial charge in [-0.25, -0.2) is 4.79 Å². The van der Waals surface area contributed by atoms with Crippen molar-refractivity contribution in [1.82, 2.24) is 0 Å². The largest absolute Gasteiger partial charge is 0.489 e. The zero-order chi connectivity index (χ0) is 19.8. The van der Waals surface area contributed by atoms with Crippen molar-refractivity contribution < 1.29 is 14.3 Å². The molecule has 0 heterocycles. The van der Waals surface area contributed by atoms with Gasteiger partial charge >= 0.3 is 5.97 Å². The number of esters is 1. The Morgan fingerprint density at radius 1 is 0.857 bits per heavy atom. The van der Waals surface area contributed by atoms with Gasteiger partial charge in [-0.15, -0.1) is 0 Å². The Balaban J connectivity index is 1.51. The molecule has 3 nitrogen and oxygen atoms in total. The minimum atomic E-state index is -0.411. The highest BCUT2D eigenvalue weighted by molar-refractivity contribution is 5.88. The summed E-state index contributed by atoms with van der Waals surface area (Å²) in [5, 5.41) is 0. The molecule has 0 atom stereocenters. The van der Waals surface area contributed by atoms with Crippen molar-refractivity contribution in [2.45, 2.75) is 26.4 Å². The van der Waals surface area contributed by atoms with E-state index in [-0.39, 0.29) is 0 Å². The second kappa shape index (κ2) is 9.56. The van der Waals surface area contributed by atoms with Gasteiger partial charge in [0.15, 0.2) is 0 Å². The molecule has 0 radical (unpaired) electrons. The molecule has 0 bridgehead atoms. The number of ether oxygens (including phenoxy) is 2. The van der Waals surface area contributed by atoms with Crippen molar-refractivity contribution >= 4 is 12.0 Å². The van der Waals surface area contributed by atoms with Crippen molar-refractivity contribution in [3.05, 3.63) is 102 Å². The van der Waals surface area contributed by atoms with E-state index in [1.54, 1.807) is 30.3 Å². The predicted octanol–water partition coefficient (Wildman–Crippen LogP) is 6.01. The number of carbonyl (C=O) groups excluding carboxylic acids is 1. The maximum absolute atomic E-state index is 12.0. The summed E-state index contributed by atoms with van der Waals surface area (Å²) in [6, 6.07) is 25.1. The van der Waals surface area contributed by atoms with E-state index in [2.05, 4.69) is 26.0 Å². The fraction of sp³-hybridized carbons (Fsp3) is 0.160. The predicted molar refractivity (Wildman–Crippen MR) is 112 cm³/mol. The zero-order valence-electron chi connectivity index (χ0n) is 16.2. The normalized spacial score (nSPS) is 11.0. The quantitative estimate of drug-likeness (QED) is 0.289. The molecule has 142 valence electrons. The summed E-state index contributed by atoms with van der Waals surface area (Å²) in [6.07, 6.45) is 3.19. The summed E-state index contributed by atoms with van der Waals surface area (Å²) in [5.74, 6) is 1.29. The fourth-order valence-electron chi connectivity index (χ4n) is 2.65. The monoisotopic (exact) mass is 372 g/mol. The highest BCUT2D eigenvalue weighted by Crippen LogP contribution is 2.19. The van der Waals surface area contributed by atoms with Crippen LogP contribution in [-0.4, -0.2) is 5.97 Å². The average Bonchev–Trinajstić information content (AvgIpc) is 2.73. The van der Waals surface area contributed by atoms with Crippen LogP contribution in [0.15, 0.2) is 84.9 Å². The van der Waals surface area contributed by atoms with Crippen LogP contribution in [0.25, 0.3) is 6.08 Å². The molecule has 0 fully saturated rings. The van der Waals surface area contributed by atoms with Crippen LogP contribution in [0, 0.1) is 0 Å².